The second-order valence-corrected chi connectivity index (χ2v) is 8.37. The van der Waals surface area contributed by atoms with E-state index < -0.39 is 6.10 Å². The lowest BCUT2D eigenvalue weighted by molar-refractivity contribution is 0.0293. The van der Waals surface area contributed by atoms with Crippen LogP contribution in [0.5, 0.6) is 0 Å². The van der Waals surface area contributed by atoms with Gasteiger partial charge in [0.1, 0.15) is 18.0 Å². The molecule has 1 unspecified atom stereocenters. The van der Waals surface area contributed by atoms with Crippen LogP contribution in [-0.2, 0) is 13.0 Å². The topological polar surface area (TPSA) is 90.5 Å². The van der Waals surface area contributed by atoms with E-state index in [4.69, 9.17) is 5.73 Å². The second-order valence-electron chi connectivity index (χ2n) is 8.37. The monoisotopic (exact) mass is 416 g/mol. The van der Waals surface area contributed by atoms with Crippen molar-refractivity contribution >= 4 is 23.0 Å². The molecule has 0 amide bonds. The number of fused-ring (bicyclic) bond motifs is 1. The number of piperidine rings is 1. The van der Waals surface area contributed by atoms with Crippen LogP contribution in [0.2, 0.25) is 0 Å². The first kappa shape index (κ1) is 19.8. The van der Waals surface area contributed by atoms with Gasteiger partial charge in [0, 0.05) is 49.7 Å². The molecular weight excluding hydrogens is 388 g/mol. The van der Waals surface area contributed by atoms with Gasteiger partial charge in [0.25, 0.3) is 0 Å². The maximum Gasteiger partial charge on any atom is 0.135 e. The highest BCUT2D eigenvalue weighted by Gasteiger charge is 2.34. The van der Waals surface area contributed by atoms with Crippen molar-refractivity contribution in [2.75, 3.05) is 35.6 Å². The van der Waals surface area contributed by atoms with E-state index >= 15 is 0 Å². The van der Waals surface area contributed by atoms with E-state index in [-0.39, 0.29) is 6.04 Å². The number of β-amino-alcohol motifs (C(OH)–C–C–N with tert-alkyl or cyclic N) is 1. The molecule has 2 aliphatic heterocycles. The molecule has 7 heteroatoms. The number of nitrogens with one attached hydrogen (secondary N) is 1. The molecule has 1 saturated heterocycles. The van der Waals surface area contributed by atoms with E-state index in [2.05, 4.69) is 49.4 Å². The van der Waals surface area contributed by atoms with E-state index in [1.807, 2.05) is 30.3 Å². The van der Waals surface area contributed by atoms with Crippen molar-refractivity contribution in [1.29, 1.82) is 0 Å². The Morgan fingerprint density at radius 3 is 2.71 bits per heavy atom. The van der Waals surface area contributed by atoms with Gasteiger partial charge in [0.2, 0.25) is 0 Å². The highest BCUT2D eigenvalue weighted by atomic mass is 16.3. The minimum Gasteiger partial charge on any atom is -0.399 e. The van der Waals surface area contributed by atoms with Crippen molar-refractivity contribution in [3.8, 4) is 0 Å². The molecule has 0 bridgehead atoms. The minimum atomic E-state index is -0.417. The molecule has 3 aromatic rings. The summed E-state index contributed by atoms with van der Waals surface area (Å²) in [6.07, 6.45) is 3.10. The van der Waals surface area contributed by atoms with Crippen LogP contribution in [-0.4, -0.2) is 51.8 Å². The highest BCUT2D eigenvalue weighted by Crippen LogP contribution is 2.28. The molecule has 0 aliphatic carbocycles. The molecule has 31 heavy (non-hydrogen) atoms. The van der Waals surface area contributed by atoms with Gasteiger partial charge in [-0.1, -0.05) is 30.3 Å². The van der Waals surface area contributed by atoms with E-state index in [9.17, 15) is 5.11 Å². The van der Waals surface area contributed by atoms with Gasteiger partial charge in [-0.05, 0) is 42.2 Å². The van der Waals surface area contributed by atoms with Crippen molar-refractivity contribution in [3.05, 3.63) is 72.1 Å². The molecule has 1 aromatic heterocycles. The molecule has 3 heterocycles. The number of nitrogens with two attached hydrogens (primary N) is 1. The van der Waals surface area contributed by atoms with Gasteiger partial charge in [-0.25, -0.2) is 9.97 Å². The summed E-state index contributed by atoms with van der Waals surface area (Å²) >= 11 is 0. The predicted molar refractivity (Wildman–Crippen MR) is 123 cm³/mol. The van der Waals surface area contributed by atoms with Gasteiger partial charge in [-0.3, -0.25) is 4.90 Å². The molecule has 160 valence electrons. The fraction of sp³-hybridized carbons (Fsp3) is 0.333. The standard InChI is InChI=1S/C24H28N6O/c25-19-6-3-7-20(12-19)28-23-13-24(27-16-26-23)30-11-9-21(22(31)15-30)29-10-8-17-4-1-2-5-18(17)14-29/h1-7,12-13,16,21-22,31H,8-11,14-15,25H2,(H,26,27,28)/t21?,22-/m0/s1. The molecule has 2 aliphatic rings. The lowest BCUT2D eigenvalue weighted by Gasteiger charge is -2.43. The number of nitrogen functional groups attached to an aromatic ring is 1. The van der Waals surface area contributed by atoms with E-state index in [1.165, 1.54) is 11.1 Å². The number of hydrogen-bond donors (Lipinski definition) is 3. The Morgan fingerprint density at radius 1 is 1.00 bits per heavy atom. The fourth-order valence-electron chi connectivity index (χ4n) is 4.71. The Kier molecular flexibility index (Phi) is 5.44. The summed E-state index contributed by atoms with van der Waals surface area (Å²) in [5.74, 6) is 1.53. The fourth-order valence-corrected chi connectivity index (χ4v) is 4.71. The van der Waals surface area contributed by atoms with Crippen LogP contribution in [0.25, 0.3) is 0 Å². The molecule has 0 spiro atoms. The minimum absolute atomic E-state index is 0.177. The molecule has 1 fully saturated rings. The quantitative estimate of drug-likeness (QED) is 0.564. The Balaban J connectivity index is 1.25. The average molecular weight is 417 g/mol. The van der Waals surface area contributed by atoms with Crippen molar-refractivity contribution in [1.82, 2.24) is 14.9 Å². The number of aliphatic hydroxyl groups excluding tert-OH is 1. The van der Waals surface area contributed by atoms with Crippen LogP contribution < -0.4 is 16.0 Å². The SMILES string of the molecule is Nc1cccc(Nc2cc(N3CCC(N4CCc5ccccc5C4)[C@@H](O)C3)ncn2)c1. The number of rotatable bonds is 4. The van der Waals surface area contributed by atoms with Crippen LogP contribution in [0, 0.1) is 0 Å². The van der Waals surface area contributed by atoms with Gasteiger partial charge in [0.15, 0.2) is 0 Å². The summed E-state index contributed by atoms with van der Waals surface area (Å²) in [4.78, 5) is 13.4. The Hall–Kier alpha value is -3.16. The van der Waals surface area contributed by atoms with Gasteiger partial charge in [-0.2, -0.15) is 0 Å². The lowest BCUT2D eigenvalue weighted by atomic mass is 9.94. The summed E-state index contributed by atoms with van der Waals surface area (Å²) in [6, 6.07) is 18.3. The van der Waals surface area contributed by atoms with E-state index in [0.29, 0.717) is 18.1 Å². The first-order valence-corrected chi connectivity index (χ1v) is 10.8. The Labute approximate surface area is 182 Å². The predicted octanol–water partition coefficient (Wildman–Crippen LogP) is 2.80. The molecule has 2 atom stereocenters. The highest BCUT2D eigenvalue weighted by molar-refractivity contribution is 5.63. The van der Waals surface area contributed by atoms with Crippen molar-refractivity contribution < 1.29 is 5.11 Å². The van der Waals surface area contributed by atoms with Crippen molar-refractivity contribution in [2.24, 2.45) is 0 Å². The first-order valence-electron chi connectivity index (χ1n) is 10.8. The average Bonchev–Trinajstić information content (AvgIpc) is 2.79. The normalized spacial score (nSPS) is 21.5. The largest absolute Gasteiger partial charge is 0.399 e. The molecule has 7 nitrogen and oxygen atoms in total. The smallest absolute Gasteiger partial charge is 0.135 e. The zero-order valence-corrected chi connectivity index (χ0v) is 17.5. The molecule has 0 radical (unpaired) electrons. The zero-order valence-electron chi connectivity index (χ0n) is 17.5. The van der Waals surface area contributed by atoms with Gasteiger partial charge >= 0.3 is 0 Å². The van der Waals surface area contributed by atoms with Gasteiger partial charge in [0.05, 0.1) is 6.10 Å². The molecule has 2 aromatic carbocycles. The third-order valence-corrected chi connectivity index (χ3v) is 6.31. The first-order chi connectivity index (χ1) is 15.2. The number of hydrogen-bond acceptors (Lipinski definition) is 7. The molecule has 5 rings (SSSR count). The van der Waals surface area contributed by atoms with E-state index in [0.717, 1.165) is 44.0 Å². The number of benzene rings is 2. The summed E-state index contributed by atoms with van der Waals surface area (Å²) in [5.41, 5.74) is 10.3. The van der Waals surface area contributed by atoms with Crippen LogP contribution in [0.3, 0.4) is 0 Å². The maximum atomic E-state index is 11.0. The summed E-state index contributed by atoms with van der Waals surface area (Å²) in [5, 5.41) is 14.3. The molecular formula is C24H28N6O. The van der Waals surface area contributed by atoms with Crippen LogP contribution >= 0.6 is 0 Å². The second kappa shape index (κ2) is 8.53. The summed E-state index contributed by atoms with van der Waals surface area (Å²) in [7, 11) is 0. The Bertz CT molecular complexity index is 1060. The number of aliphatic hydroxyl groups is 1. The van der Waals surface area contributed by atoms with Gasteiger partial charge < -0.3 is 21.1 Å². The number of nitrogens with zero attached hydrogens (tertiary/aromatic N) is 4. The molecule has 4 N–H and O–H groups in total. The van der Waals surface area contributed by atoms with Crippen LogP contribution in [0.15, 0.2) is 60.9 Å². The van der Waals surface area contributed by atoms with E-state index in [1.54, 1.807) is 6.33 Å². The third-order valence-electron chi connectivity index (χ3n) is 6.31. The number of anilines is 4. The lowest BCUT2D eigenvalue weighted by Crippen LogP contribution is -2.55. The third kappa shape index (κ3) is 4.33. The van der Waals surface area contributed by atoms with Gasteiger partial charge in [-0.15, -0.1) is 0 Å². The zero-order chi connectivity index (χ0) is 21.2. The summed E-state index contributed by atoms with van der Waals surface area (Å²) in [6.45, 7) is 3.34. The summed E-state index contributed by atoms with van der Waals surface area (Å²) < 4.78 is 0. The van der Waals surface area contributed by atoms with Crippen LogP contribution in [0.4, 0.5) is 23.0 Å². The van der Waals surface area contributed by atoms with Crippen molar-refractivity contribution in [2.45, 2.75) is 31.5 Å². The Morgan fingerprint density at radius 2 is 1.87 bits per heavy atom. The molecule has 0 saturated carbocycles. The van der Waals surface area contributed by atoms with Crippen LogP contribution in [0.1, 0.15) is 17.5 Å². The number of aromatic nitrogens is 2. The maximum absolute atomic E-state index is 11.0. The van der Waals surface area contributed by atoms with Crippen molar-refractivity contribution in [3.63, 3.8) is 0 Å².